The minimum Gasteiger partial charge on any atom is -0.497 e. The fourth-order valence-corrected chi connectivity index (χ4v) is 1.75. The summed E-state index contributed by atoms with van der Waals surface area (Å²) < 4.78 is 5.09. The summed E-state index contributed by atoms with van der Waals surface area (Å²) in [5, 5.41) is 2.84. The first-order valence-corrected chi connectivity index (χ1v) is 6.43. The van der Waals surface area contributed by atoms with Gasteiger partial charge in [0.05, 0.1) is 7.11 Å². The van der Waals surface area contributed by atoms with Crippen LogP contribution in [0.2, 0.25) is 0 Å². The summed E-state index contributed by atoms with van der Waals surface area (Å²) in [7, 11) is 1.64. The van der Waals surface area contributed by atoms with Gasteiger partial charge in [-0.3, -0.25) is 4.79 Å². The molecule has 0 fully saturated rings. The molecular formula is C17H17NO2. The largest absolute Gasteiger partial charge is 0.497 e. The van der Waals surface area contributed by atoms with Crippen LogP contribution in [0.25, 0.3) is 6.08 Å². The Morgan fingerprint density at radius 1 is 1.10 bits per heavy atom. The van der Waals surface area contributed by atoms with E-state index in [0.29, 0.717) is 12.1 Å². The highest BCUT2D eigenvalue weighted by atomic mass is 16.5. The fraction of sp³-hybridized carbons (Fsp3) is 0.118. The number of amides is 1. The van der Waals surface area contributed by atoms with E-state index >= 15 is 0 Å². The van der Waals surface area contributed by atoms with E-state index in [4.69, 9.17) is 4.74 Å². The van der Waals surface area contributed by atoms with Crippen molar-refractivity contribution in [3.8, 4) is 5.75 Å². The average Bonchev–Trinajstić information content (AvgIpc) is 2.53. The van der Waals surface area contributed by atoms with Crippen LogP contribution in [0, 0.1) is 0 Å². The van der Waals surface area contributed by atoms with Crippen molar-refractivity contribution in [3.63, 3.8) is 0 Å². The molecule has 0 aliphatic heterocycles. The van der Waals surface area contributed by atoms with Crippen LogP contribution in [-0.4, -0.2) is 19.6 Å². The smallest absolute Gasteiger partial charge is 0.251 e. The Bertz CT molecular complexity index is 574. The monoisotopic (exact) mass is 267 g/mol. The number of methoxy groups -OCH3 is 1. The quantitative estimate of drug-likeness (QED) is 0.903. The van der Waals surface area contributed by atoms with Crippen LogP contribution < -0.4 is 10.1 Å². The lowest BCUT2D eigenvalue weighted by Gasteiger charge is -2.02. The number of hydrogen-bond donors (Lipinski definition) is 1. The zero-order valence-electron chi connectivity index (χ0n) is 11.4. The summed E-state index contributed by atoms with van der Waals surface area (Å²) >= 11 is 0. The fourth-order valence-electron chi connectivity index (χ4n) is 1.75. The standard InChI is InChI=1S/C17H17NO2/c1-20-16-11-9-14(10-12-16)6-5-13-18-17(19)15-7-3-2-4-8-15/h2-12H,13H2,1H3,(H,18,19)/b6-5+. The van der Waals surface area contributed by atoms with Crippen molar-refractivity contribution in [3.05, 3.63) is 71.8 Å². The van der Waals surface area contributed by atoms with Crippen molar-refractivity contribution < 1.29 is 9.53 Å². The topological polar surface area (TPSA) is 38.3 Å². The van der Waals surface area contributed by atoms with Gasteiger partial charge in [0.2, 0.25) is 0 Å². The molecule has 0 aliphatic carbocycles. The molecule has 0 heterocycles. The van der Waals surface area contributed by atoms with Gasteiger partial charge < -0.3 is 10.1 Å². The summed E-state index contributed by atoms with van der Waals surface area (Å²) in [5.41, 5.74) is 1.74. The molecule has 2 aromatic rings. The van der Waals surface area contributed by atoms with Gasteiger partial charge >= 0.3 is 0 Å². The van der Waals surface area contributed by atoms with Crippen LogP contribution >= 0.6 is 0 Å². The molecule has 0 unspecified atom stereocenters. The number of carbonyl (C=O) groups excluding carboxylic acids is 1. The second kappa shape index (κ2) is 7.14. The van der Waals surface area contributed by atoms with Crippen molar-refractivity contribution in [2.24, 2.45) is 0 Å². The average molecular weight is 267 g/mol. The molecule has 1 N–H and O–H groups in total. The zero-order chi connectivity index (χ0) is 14.2. The van der Waals surface area contributed by atoms with Crippen LogP contribution in [0.15, 0.2) is 60.7 Å². The Morgan fingerprint density at radius 2 is 1.80 bits per heavy atom. The Hall–Kier alpha value is -2.55. The van der Waals surface area contributed by atoms with Gasteiger partial charge in [0.25, 0.3) is 5.91 Å². The third kappa shape index (κ3) is 3.99. The molecule has 2 aromatic carbocycles. The molecule has 102 valence electrons. The first kappa shape index (κ1) is 13.9. The second-order valence-corrected chi connectivity index (χ2v) is 4.25. The highest BCUT2D eigenvalue weighted by Crippen LogP contribution is 2.12. The predicted molar refractivity (Wildman–Crippen MR) is 80.8 cm³/mol. The molecule has 0 aromatic heterocycles. The molecule has 0 spiro atoms. The zero-order valence-corrected chi connectivity index (χ0v) is 11.4. The predicted octanol–water partition coefficient (Wildman–Crippen LogP) is 3.14. The van der Waals surface area contributed by atoms with Crippen molar-refractivity contribution in [2.75, 3.05) is 13.7 Å². The molecule has 0 radical (unpaired) electrons. The lowest BCUT2D eigenvalue weighted by molar-refractivity contribution is 0.0958. The lowest BCUT2D eigenvalue weighted by atomic mass is 10.2. The molecule has 20 heavy (non-hydrogen) atoms. The number of ether oxygens (including phenoxy) is 1. The van der Waals surface area contributed by atoms with E-state index in [-0.39, 0.29) is 5.91 Å². The van der Waals surface area contributed by atoms with Crippen molar-refractivity contribution in [2.45, 2.75) is 0 Å². The number of benzene rings is 2. The van der Waals surface area contributed by atoms with Gasteiger partial charge in [-0.2, -0.15) is 0 Å². The van der Waals surface area contributed by atoms with Crippen molar-refractivity contribution in [1.29, 1.82) is 0 Å². The summed E-state index contributed by atoms with van der Waals surface area (Å²) in [6, 6.07) is 16.9. The second-order valence-electron chi connectivity index (χ2n) is 4.25. The van der Waals surface area contributed by atoms with Gasteiger partial charge in [-0.15, -0.1) is 0 Å². The number of rotatable bonds is 5. The molecule has 2 rings (SSSR count). The van der Waals surface area contributed by atoms with Gasteiger partial charge in [0.1, 0.15) is 5.75 Å². The molecule has 0 saturated heterocycles. The molecule has 0 aliphatic rings. The Kier molecular flexibility index (Phi) is 4.95. The maximum absolute atomic E-state index is 11.8. The molecule has 0 saturated carbocycles. The normalized spacial score (nSPS) is 10.4. The van der Waals surface area contributed by atoms with Gasteiger partial charge in [0.15, 0.2) is 0 Å². The molecule has 0 atom stereocenters. The molecule has 1 amide bonds. The molecule has 3 heteroatoms. The van der Waals surface area contributed by atoms with Crippen LogP contribution in [0.1, 0.15) is 15.9 Å². The summed E-state index contributed by atoms with van der Waals surface area (Å²) in [4.78, 5) is 11.8. The van der Waals surface area contributed by atoms with Crippen molar-refractivity contribution >= 4 is 12.0 Å². The Balaban J connectivity index is 1.83. The van der Waals surface area contributed by atoms with E-state index in [2.05, 4.69) is 5.32 Å². The molecule has 3 nitrogen and oxygen atoms in total. The first-order chi connectivity index (χ1) is 9.79. The van der Waals surface area contributed by atoms with E-state index < -0.39 is 0 Å². The van der Waals surface area contributed by atoms with Gasteiger partial charge in [-0.1, -0.05) is 42.5 Å². The van der Waals surface area contributed by atoms with Crippen LogP contribution in [-0.2, 0) is 0 Å². The summed E-state index contributed by atoms with van der Waals surface area (Å²) in [6.45, 7) is 0.500. The highest BCUT2D eigenvalue weighted by Gasteiger charge is 2.01. The maximum Gasteiger partial charge on any atom is 0.251 e. The third-order valence-electron chi connectivity index (χ3n) is 2.84. The lowest BCUT2D eigenvalue weighted by Crippen LogP contribution is -2.23. The Morgan fingerprint density at radius 3 is 2.45 bits per heavy atom. The van der Waals surface area contributed by atoms with Gasteiger partial charge in [-0.25, -0.2) is 0 Å². The van der Waals surface area contributed by atoms with E-state index in [1.807, 2.05) is 54.6 Å². The van der Waals surface area contributed by atoms with Gasteiger partial charge in [-0.05, 0) is 29.8 Å². The van der Waals surface area contributed by atoms with Crippen molar-refractivity contribution in [1.82, 2.24) is 5.32 Å². The summed E-state index contributed by atoms with van der Waals surface area (Å²) in [6.07, 6.45) is 3.88. The maximum atomic E-state index is 11.8. The van der Waals surface area contributed by atoms with Crippen LogP contribution in [0.5, 0.6) is 5.75 Å². The van der Waals surface area contributed by atoms with E-state index in [9.17, 15) is 4.79 Å². The molecule has 0 bridgehead atoms. The minimum atomic E-state index is -0.0648. The number of nitrogens with one attached hydrogen (secondary N) is 1. The SMILES string of the molecule is COc1ccc(/C=C/CNC(=O)c2ccccc2)cc1. The first-order valence-electron chi connectivity index (χ1n) is 6.43. The van der Waals surface area contributed by atoms with Crippen LogP contribution in [0.3, 0.4) is 0 Å². The highest BCUT2D eigenvalue weighted by molar-refractivity contribution is 5.94. The van der Waals surface area contributed by atoms with E-state index in [0.717, 1.165) is 11.3 Å². The minimum absolute atomic E-state index is 0.0648. The number of hydrogen-bond acceptors (Lipinski definition) is 2. The number of carbonyl (C=O) groups is 1. The van der Waals surface area contributed by atoms with E-state index in [1.165, 1.54) is 0 Å². The third-order valence-corrected chi connectivity index (χ3v) is 2.84. The van der Waals surface area contributed by atoms with Crippen LogP contribution in [0.4, 0.5) is 0 Å². The summed E-state index contributed by atoms with van der Waals surface area (Å²) in [5.74, 6) is 0.768. The molecular weight excluding hydrogens is 250 g/mol. The Labute approximate surface area is 118 Å². The van der Waals surface area contributed by atoms with E-state index in [1.54, 1.807) is 19.2 Å². The van der Waals surface area contributed by atoms with Gasteiger partial charge in [0, 0.05) is 12.1 Å².